The number of carbonyl (C=O) groups is 1. The number of nitriles is 1. The second-order valence-electron chi connectivity index (χ2n) is 5.62. The van der Waals surface area contributed by atoms with Gasteiger partial charge in [0.1, 0.15) is 17.4 Å². The van der Waals surface area contributed by atoms with Gasteiger partial charge in [-0.15, -0.1) is 0 Å². The summed E-state index contributed by atoms with van der Waals surface area (Å²) < 4.78 is 6.27. The molecule has 0 aliphatic rings. The summed E-state index contributed by atoms with van der Waals surface area (Å²) in [4.78, 5) is 12.3. The Kier molecular flexibility index (Phi) is 7.24. The third-order valence-electron chi connectivity index (χ3n) is 3.71. The Balaban J connectivity index is 1.98. The van der Waals surface area contributed by atoms with E-state index in [1.54, 1.807) is 12.1 Å². The maximum Gasteiger partial charge on any atom is 0.267 e. The summed E-state index contributed by atoms with van der Waals surface area (Å²) in [5.74, 6) is 0.0629. The molecule has 0 saturated carbocycles. The van der Waals surface area contributed by atoms with Crippen LogP contribution in [0.5, 0.6) is 5.75 Å². The van der Waals surface area contributed by atoms with Crippen LogP contribution in [0.1, 0.15) is 11.1 Å². The number of methoxy groups -OCH3 is 1. The number of benzene rings is 2. The van der Waals surface area contributed by atoms with Crippen LogP contribution in [0.4, 0.5) is 5.69 Å². The third kappa shape index (κ3) is 5.36. The zero-order chi connectivity index (χ0) is 18.9. The van der Waals surface area contributed by atoms with E-state index in [0.29, 0.717) is 18.0 Å². The van der Waals surface area contributed by atoms with Crippen LogP contribution in [-0.4, -0.2) is 19.6 Å². The van der Waals surface area contributed by atoms with Crippen LogP contribution in [0.3, 0.4) is 0 Å². The smallest absolute Gasteiger partial charge is 0.267 e. The average Bonchev–Trinajstić information content (AvgIpc) is 2.63. The third-order valence-corrected chi connectivity index (χ3v) is 4.48. The van der Waals surface area contributed by atoms with Gasteiger partial charge < -0.3 is 15.4 Å². The van der Waals surface area contributed by atoms with Gasteiger partial charge in [0.05, 0.1) is 12.8 Å². The van der Waals surface area contributed by atoms with Crippen molar-refractivity contribution in [3.8, 4) is 11.8 Å². The molecule has 1 amide bonds. The van der Waals surface area contributed by atoms with E-state index in [1.807, 2.05) is 43.3 Å². The monoisotopic (exact) mass is 413 g/mol. The van der Waals surface area contributed by atoms with Crippen molar-refractivity contribution in [1.82, 2.24) is 5.32 Å². The highest BCUT2D eigenvalue weighted by molar-refractivity contribution is 9.10. The maximum atomic E-state index is 12.3. The Morgan fingerprint density at radius 3 is 2.77 bits per heavy atom. The molecule has 26 heavy (non-hydrogen) atoms. The first kappa shape index (κ1) is 19.5. The van der Waals surface area contributed by atoms with Crippen molar-refractivity contribution in [2.45, 2.75) is 13.3 Å². The topological polar surface area (TPSA) is 74.1 Å². The van der Waals surface area contributed by atoms with Gasteiger partial charge in [-0.3, -0.25) is 4.79 Å². The Morgan fingerprint density at radius 2 is 2.08 bits per heavy atom. The number of halogens is 1. The normalized spacial score (nSPS) is 10.8. The minimum absolute atomic E-state index is 0.000636. The predicted octanol–water partition coefficient (Wildman–Crippen LogP) is 3.94. The molecule has 2 rings (SSSR count). The van der Waals surface area contributed by atoms with Gasteiger partial charge >= 0.3 is 0 Å². The van der Waals surface area contributed by atoms with E-state index in [-0.39, 0.29) is 5.57 Å². The lowest BCUT2D eigenvalue weighted by Crippen LogP contribution is -2.18. The van der Waals surface area contributed by atoms with Gasteiger partial charge in [0.15, 0.2) is 0 Å². The van der Waals surface area contributed by atoms with Crippen LogP contribution in [0.15, 0.2) is 58.7 Å². The first-order chi connectivity index (χ1) is 12.5. The van der Waals surface area contributed by atoms with Crippen LogP contribution in [0.2, 0.25) is 0 Å². The summed E-state index contributed by atoms with van der Waals surface area (Å²) in [7, 11) is 1.53. The number of hydrogen-bond acceptors (Lipinski definition) is 4. The van der Waals surface area contributed by atoms with E-state index in [4.69, 9.17) is 4.74 Å². The highest BCUT2D eigenvalue weighted by Gasteiger charge is 2.12. The number of nitrogens with zero attached hydrogens (tertiary/aromatic N) is 1. The summed E-state index contributed by atoms with van der Waals surface area (Å²) >= 11 is 3.50. The zero-order valence-electron chi connectivity index (χ0n) is 14.7. The van der Waals surface area contributed by atoms with Crippen molar-refractivity contribution < 1.29 is 9.53 Å². The first-order valence-corrected chi connectivity index (χ1v) is 8.87. The molecule has 0 bridgehead atoms. The van der Waals surface area contributed by atoms with Crippen LogP contribution in [-0.2, 0) is 11.2 Å². The molecule has 0 unspecified atom stereocenters. The molecule has 134 valence electrons. The van der Waals surface area contributed by atoms with Gasteiger partial charge in [-0.25, -0.2) is 0 Å². The van der Waals surface area contributed by atoms with Gasteiger partial charge in [0, 0.05) is 17.2 Å². The molecule has 2 aromatic carbocycles. The Labute approximate surface area is 161 Å². The SMILES string of the molecule is COc1ccc(C)cc1NC(=O)/C(C#N)=C\NCCc1ccccc1Br. The molecule has 0 aliphatic carbocycles. The molecule has 0 saturated heterocycles. The second kappa shape index (κ2) is 9.64. The summed E-state index contributed by atoms with van der Waals surface area (Å²) in [5, 5.41) is 15.0. The highest BCUT2D eigenvalue weighted by Crippen LogP contribution is 2.25. The molecule has 0 aliphatic heterocycles. The Morgan fingerprint density at radius 1 is 1.31 bits per heavy atom. The first-order valence-electron chi connectivity index (χ1n) is 8.08. The lowest BCUT2D eigenvalue weighted by molar-refractivity contribution is -0.112. The van der Waals surface area contributed by atoms with Gasteiger partial charge in [0.2, 0.25) is 0 Å². The largest absolute Gasteiger partial charge is 0.495 e. The van der Waals surface area contributed by atoms with Crippen LogP contribution in [0.25, 0.3) is 0 Å². The number of aryl methyl sites for hydroxylation is 1. The average molecular weight is 414 g/mol. The quantitative estimate of drug-likeness (QED) is 0.409. The van der Waals surface area contributed by atoms with E-state index in [9.17, 15) is 10.1 Å². The van der Waals surface area contributed by atoms with E-state index in [2.05, 4.69) is 26.6 Å². The van der Waals surface area contributed by atoms with E-state index >= 15 is 0 Å². The summed E-state index contributed by atoms with van der Waals surface area (Å²) in [5.41, 5.74) is 2.67. The minimum atomic E-state index is -0.482. The standard InChI is InChI=1S/C20H20BrN3O2/c1-14-7-8-19(26-2)18(11-14)24-20(25)16(12-22)13-23-10-9-15-5-3-4-6-17(15)21/h3-8,11,13,23H,9-10H2,1-2H3,(H,24,25)/b16-13-. The summed E-state index contributed by atoms with van der Waals surface area (Å²) in [6, 6.07) is 15.3. The van der Waals surface area contributed by atoms with Crippen molar-refractivity contribution in [3.63, 3.8) is 0 Å². The van der Waals surface area contributed by atoms with E-state index < -0.39 is 5.91 Å². The van der Waals surface area contributed by atoms with Gasteiger partial charge in [-0.2, -0.15) is 5.26 Å². The van der Waals surface area contributed by atoms with E-state index in [0.717, 1.165) is 22.0 Å². The molecular formula is C20H20BrN3O2. The number of carbonyl (C=O) groups excluding carboxylic acids is 1. The second-order valence-corrected chi connectivity index (χ2v) is 6.48. The minimum Gasteiger partial charge on any atom is -0.495 e. The molecule has 2 N–H and O–H groups in total. The van der Waals surface area contributed by atoms with E-state index in [1.165, 1.54) is 13.3 Å². The summed E-state index contributed by atoms with van der Waals surface area (Å²) in [6.45, 7) is 2.52. The predicted molar refractivity (Wildman–Crippen MR) is 106 cm³/mol. The number of rotatable bonds is 7. The van der Waals surface area contributed by atoms with Crippen molar-refractivity contribution >= 4 is 27.5 Å². The Hall–Kier alpha value is -2.78. The zero-order valence-corrected chi connectivity index (χ0v) is 16.3. The molecule has 0 atom stereocenters. The van der Waals surface area contributed by atoms with Gasteiger partial charge in [-0.05, 0) is 42.7 Å². The number of nitrogens with one attached hydrogen (secondary N) is 2. The molecule has 0 radical (unpaired) electrons. The van der Waals surface area contributed by atoms with Crippen molar-refractivity contribution in [1.29, 1.82) is 5.26 Å². The number of ether oxygens (including phenoxy) is 1. The molecule has 5 nitrogen and oxygen atoms in total. The number of amides is 1. The molecule has 0 spiro atoms. The van der Waals surface area contributed by atoms with Crippen molar-refractivity contribution in [3.05, 3.63) is 69.8 Å². The molecular weight excluding hydrogens is 394 g/mol. The lowest BCUT2D eigenvalue weighted by Gasteiger charge is -2.11. The molecule has 6 heteroatoms. The van der Waals surface area contributed by atoms with Crippen molar-refractivity contribution in [2.75, 3.05) is 19.0 Å². The molecule has 0 fully saturated rings. The number of hydrogen-bond donors (Lipinski definition) is 2. The fourth-order valence-corrected chi connectivity index (χ4v) is 2.82. The molecule has 2 aromatic rings. The lowest BCUT2D eigenvalue weighted by atomic mass is 10.1. The van der Waals surface area contributed by atoms with Crippen LogP contribution < -0.4 is 15.4 Å². The van der Waals surface area contributed by atoms with Gasteiger partial charge in [0.25, 0.3) is 5.91 Å². The molecule has 0 aromatic heterocycles. The van der Waals surface area contributed by atoms with Crippen LogP contribution in [0, 0.1) is 18.3 Å². The van der Waals surface area contributed by atoms with Crippen LogP contribution >= 0.6 is 15.9 Å². The van der Waals surface area contributed by atoms with Gasteiger partial charge in [-0.1, -0.05) is 40.2 Å². The van der Waals surface area contributed by atoms with Crippen molar-refractivity contribution in [2.24, 2.45) is 0 Å². The fourth-order valence-electron chi connectivity index (χ4n) is 2.34. The number of anilines is 1. The highest BCUT2D eigenvalue weighted by atomic mass is 79.9. The Bertz CT molecular complexity index is 856. The molecule has 0 heterocycles. The summed E-state index contributed by atoms with van der Waals surface area (Å²) in [6.07, 6.45) is 2.21. The maximum absolute atomic E-state index is 12.3. The fraction of sp³-hybridized carbons (Fsp3) is 0.200.